The summed E-state index contributed by atoms with van der Waals surface area (Å²) in [5, 5.41) is 14.3. The summed E-state index contributed by atoms with van der Waals surface area (Å²) in [4.78, 5) is 106. The summed E-state index contributed by atoms with van der Waals surface area (Å²) >= 11 is 0. The van der Waals surface area contributed by atoms with E-state index in [2.05, 4.69) is 43.1 Å². The van der Waals surface area contributed by atoms with E-state index in [0.29, 0.717) is 109 Å². The van der Waals surface area contributed by atoms with Gasteiger partial charge < -0.3 is 9.90 Å². The van der Waals surface area contributed by atoms with Crippen LogP contribution in [-0.2, 0) is 51.7 Å². The molecule has 6 aromatic rings. The van der Waals surface area contributed by atoms with Gasteiger partial charge in [0.1, 0.15) is 0 Å². The van der Waals surface area contributed by atoms with Crippen molar-refractivity contribution in [3.05, 3.63) is 130 Å². The van der Waals surface area contributed by atoms with Gasteiger partial charge in [-0.2, -0.15) is 0 Å². The Hall–Kier alpha value is 1.43. The molecule has 554 valence electrons. The van der Waals surface area contributed by atoms with Crippen LogP contribution in [0.2, 0.25) is 38.3 Å². The number of quaternary nitrogens is 2. The number of carboxylic acids is 1. The number of carboxylic acid groups (broad SMARTS) is 1. The summed E-state index contributed by atoms with van der Waals surface area (Å²) in [6.07, 6.45) is -2.05. The van der Waals surface area contributed by atoms with Crippen LogP contribution in [0.4, 0.5) is 11.6 Å². The van der Waals surface area contributed by atoms with Gasteiger partial charge in [-0.25, -0.2) is 0 Å². The molecule has 6 aliphatic rings. The van der Waals surface area contributed by atoms with Crippen LogP contribution in [0.25, 0.3) is 21.5 Å². The zero-order chi connectivity index (χ0) is 73.4. The van der Waals surface area contributed by atoms with Crippen LogP contribution in [0.15, 0.2) is 117 Å². The number of hydrogen-bond acceptors (Lipinski definition) is 23. The number of amidine groups is 4. The van der Waals surface area contributed by atoms with E-state index in [9.17, 15) is 87.1 Å². The fourth-order valence-corrected chi connectivity index (χ4v) is 42.0. The number of ether oxygens (including phenoxy) is 1. The van der Waals surface area contributed by atoms with Crippen LogP contribution in [0.5, 0.6) is 0 Å². The number of aromatic nitrogens is 2. The van der Waals surface area contributed by atoms with E-state index < -0.39 is 110 Å². The van der Waals surface area contributed by atoms with Crippen LogP contribution >= 0.6 is 22.8 Å². The van der Waals surface area contributed by atoms with Gasteiger partial charge >= 0.3 is 793 Å². The van der Waals surface area contributed by atoms with Crippen molar-refractivity contribution in [1.29, 1.82) is 0 Å². The quantitative estimate of drug-likeness (QED) is 0.0123. The molecule has 1 N–H and O–H groups in total. The van der Waals surface area contributed by atoms with Crippen LogP contribution in [0, 0.1) is 0 Å². The Morgan fingerprint density at radius 3 is 1.21 bits per heavy atom. The molecule has 6 aliphatic heterocycles. The summed E-state index contributed by atoms with van der Waals surface area (Å²) < 4.78 is 142. The summed E-state index contributed by atoms with van der Waals surface area (Å²) in [5.74, 6) is 0.0141. The van der Waals surface area contributed by atoms with Gasteiger partial charge in [-0.3, -0.25) is 0 Å². The maximum Gasteiger partial charge on any atom is 1.00 e. The minimum Gasteiger partial charge on any atom is 1.00 e. The Labute approximate surface area is 791 Å². The SMILES string of the molecule is C[Si](C)(CCC[N+](CCCP(=O)([O-])[O-])(CCCP(=O)([O-])[O-])CCCP(=O)([O-])O)O[Si-2]123(O[Si](C)(C)CCC[N+](CCCCS(=O)(=O)[O-])(CCCCS(=O)(=O)[O-])CCOCCC(=O)[O-])n4c5c6ccccc6c4N=C4c6ccccc6C(=[N+]41)N=c1c4ccccc4c(n12)=NC1=[N+]3C(=N5)c2ccccc21.[Na+].[Na+].[Na+].[Na+].[Na+].[Na+].[Na+]. The molecule has 0 radical (unpaired) electrons. The van der Waals surface area contributed by atoms with Gasteiger partial charge in [0.2, 0.25) is 0 Å². The molecule has 0 aliphatic carbocycles. The number of carbonyl (C=O) groups excluding carboxylic acids is 1. The van der Waals surface area contributed by atoms with E-state index in [1.807, 2.05) is 97.1 Å². The minimum absolute atomic E-state index is 0. The molecule has 0 bridgehead atoms. The van der Waals surface area contributed by atoms with Gasteiger partial charge in [-0.05, 0) is 0 Å². The molecular weight excluding hydrogens is 1630 g/mol. The Bertz CT molecular complexity index is 4840. The fourth-order valence-electron chi connectivity index (χ4n) is 17.1. The Morgan fingerprint density at radius 1 is 0.486 bits per heavy atom. The van der Waals surface area contributed by atoms with E-state index in [0.717, 1.165) is 0 Å². The van der Waals surface area contributed by atoms with Crippen LogP contribution in [-0.4, -0.2) is 206 Å². The van der Waals surface area contributed by atoms with Crippen molar-refractivity contribution in [3.8, 4) is 0 Å². The summed E-state index contributed by atoms with van der Waals surface area (Å²) in [6, 6.07) is 31.8. The van der Waals surface area contributed by atoms with E-state index in [1.54, 1.807) is 0 Å². The van der Waals surface area contributed by atoms with Gasteiger partial charge in [-0.15, -0.1) is 0 Å². The molecule has 0 amide bonds. The maximum absolute atomic E-state index is 12.4. The molecule has 0 fully saturated rings. The molecule has 4 aromatic carbocycles. The third-order valence-corrected chi connectivity index (χ3v) is 41.7. The molecule has 12 rings (SSSR count). The van der Waals surface area contributed by atoms with Crippen molar-refractivity contribution < 1.29 is 316 Å². The van der Waals surface area contributed by atoms with Crippen molar-refractivity contribution >= 4 is 130 Å². The largest absolute Gasteiger partial charge is 1.00 e. The molecule has 8 heterocycles. The van der Waals surface area contributed by atoms with Crippen molar-refractivity contribution in [2.75, 3.05) is 95.6 Å². The first-order chi connectivity index (χ1) is 47.8. The average molecular weight is 1710 g/mol. The van der Waals surface area contributed by atoms with Crippen molar-refractivity contribution in [2.24, 2.45) is 20.0 Å². The second-order valence-corrected chi connectivity index (χ2v) is 51.5. The number of carbonyl (C=O) groups is 1. The zero-order valence-electron chi connectivity index (χ0n) is 64.2. The molecule has 1 unspecified atom stereocenters. The monoisotopic (exact) mass is 1710 g/mol. The molecule has 1 spiro atoms. The predicted octanol–water partition coefficient (Wildman–Crippen LogP) is -19.4. The maximum atomic E-state index is 12.4. The summed E-state index contributed by atoms with van der Waals surface area (Å²) in [6.45, 7) is 9.30. The second kappa shape index (κ2) is 38.2. The predicted molar refractivity (Wildman–Crippen MR) is 374 cm³/mol. The van der Waals surface area contributed by atoms with Crippen molar-refractivity contribution in [2.45, 2.75) is 102 Å². The second-order valence-electron chi connectivity index (χ2n) is 29.1. The summed E-state index contributed by atoms with van der Waals surface area (Å²) in [7, 11) is -39.4. The molecule has 45 heteroatoms. The third kappa shape index (κ3) is 20.5. The van der Waals surface area contributed by atoms with Crippen LogP contribution in [0.3, 0.4) is 0 Å². The molecule has 109 heavy (non-hydrogen) atoms. The van der Waals surface area contributed by atoms with Crippen LogP contribution in [0.1, 0.15) is 86.5 Å². The van der Waals surface area contributed by atoms with E-state index >= 15 is 0 Å². The molecule has 2 aromatic heterocycles. The number of nitrogens with zero attached hydrogens (tertiary/aromatic N) is 10. The smallest absolute Gasteiger partial charge is 1.00 e. The number of hydrogen-bond donors (Lipinski definition) is 1. The number of fused-ring (bicyclic) bond motifs is 12. The zero-order valence-corrected chi connectivity index (χ0v) is 85.5. The van der Waals surface area contributed by atoms with Gasteiger partial charge in [-0.1, -0.05) is 0 Å². The molecule has 30 nitrogen and oxygen atoms in total. The number of aliphatic imine (C=N–C) groups is 2. The first kappa shape index (κ1) is 101. The topological polar surface area (TPSA) is 434 Å². The number of rotatable bonds is 40. The molecule has 0 saturated carbocycles. The molecule has 0 saturated heterocycles. The molecular formula is C64H83N10Na7O20P3S2Si3+. The number of unbranched alkanes of at least 4 members (excludes halogenated alkanes) is 2. The first-order valence-corrected chi connectivity index (χ1v) is 51.6. The van der Waals surface area contributed by atoms with Gasteiger partial charge in [0.15, 0.2) is 0 Å². The van der Waals surface area contributed by atoms with E-state index in [4.69, 9.17) is 24.7 Å². The van der Waals surface area contributed by atoms with E-state index in [-0.39, 0.29) is 332 Å². The Morgan fingerprint density at radius 2 is 0.835 bits per heavy atom. The Kier molecular flexibility index (Phi) is 35.4. The minimum atomic E-state index is -7.49. The third-order valence-electron chi connectivity index (χ3n) is 20.8. The summed E-state index contributed by atoms with van der Waals surface area (Å²) in [5.41, 5.74) is 3.65. The van der Waals surface area contributed by atoms with Crippen molar-refractivity contribution in [3.63, 3.8) is 0 Å². The van der Waals surface area contributed by atoms with Crippen molar-refractivity contribution in [1.82, 2.24) is 8.47 Å². The van der Waals surface area contributed by atoms with E-state index in [1.165, 1.54) is 0 Å². The standard InChI is InChI=1S/C64H89N10O20P3S2Si3.7Na/c1-100(2,46-20-36-73(33-17-41-95(77,78)79,34-18-42-96(80,81)82)35-19-43-97(83,84)85)93-102(94-101(3,4)47-21-37-74(31-13-15-44-98(86,87)88,32-14-16-45-99(89,90)91)38-40-92-39-30-56(75)76)69-57-48-22-5-6-23-49(48)58(69)66-60-52-26-9-10-27-53(52)62(71(60)102)68-64-55-29-12-11-28-54(55)63(72(64)102)67-61-51-25-8-7-24-50(51)59(65-57)70(61)102;;;;;;;/h5-12,22-29H,13-21,30-47H2,1-4H3,(H7-2,75,76,77,78,79,80,81,82,83,84,85,86,87,88,89,90,91);;;;;;;/q;7*+1/p-6. The number of aliphatic carboxylic acids is 1. The van der Waals surface area contributed by atoms with Crippen LogP contribution < -0.4 is 247 Å². The average Bonchev–Trinajstić information content (AvgIpc) is 1.47. The van der Waals surface area contributed by atoms with Gasteiger partial charge in [0.05, 0.1) is 0 Å². The first-order valence-electron chi connectivity index (χ1n) is 34.4. The fraction of sp³-hybridized carbons (Fsp3) is 0.484. The normalized spacial score (nSPS) is 17.1. The van der Waals surface area contributed by atoms with Gasteiger partial charge in [0.25, 0.3) is 0 Å². The molecule has 1 atom stereocenters. The van der Waals surface area contributed by atoms with Gasteiger partial charge in [0, 0.05) is 0 Å². The number of benzene rings is 4. The Balaban J connectivity index is 0.00000304.